The van der Waals surface area contributed by atoms with Crippen molar-refractivity contribution in [1.29, 1.82) is 0 Å². The number of urea groups is 1. The maximum Gasteiger partial charge on any atom is 0.328 e. The molecule has 0 rings (SSSR count). The second-order valence-corrected chi connectivity index (χ2v) is 4.55. The highest BCUT2D eigenvalue weighted by Gasteiger charge is 2.25. The Labute approximate surface area is 117 Å². The van der Waals surface area contributed by atoms with Crippen molar-refractivity contribution in [2.75, 3.05) is 20.8 Å². The van der Waals surface area contributed by atoms with Crippen LogP contribution in [0.2, 0.25) is 0 Å². The molecule has 0 aromatic rings. The predicted octanol–water partition coefficient (Wildman–Crippen LogP) is -0.0271. The Kier molecular flexibility index (Phi) is 8.30. The summed E-state index contributed by atoms with van der Waals surface area (Å²) in [6.45, 7) is 3.56. The number of carboxylic acid groups (broad SMARTS) is 1. The van der Waals surface area contributed by atoms with Crippen molar-refractivity contribution in [1.82, 2.24) is 10.6 Å². The Morgan fingerprint density at radius 3 is 2.20 bits per heavy atom. The lowest BCUT2D eigenvalue weighted by molar-refractivity contribution is -0.144. The van der Waals surface area contributed by atoms with Gasteiger partial charge in [0.15, 0.2) is 0 Å². The van der Waals surface area contributed by atoms with Crippen LogP contribution in [0.1, 0.15) is 20.3 Å². The molecule has 0 radical (unpaired) electrons. The quantitative estimate of drug-likeness (QED) is 0.541. The molecule has 0 aliphatic heterocycles. The average Bonchev–Trinajstić information content (AvgIpc) is 2.39. The van der Waals surface area contributed by atoms with Crippen molar-refractivity contribution in [3.05, 3.63) is 0 Å². The Hall–Kier alpha value is -1.83. The Morgan fingerprint density at radius 2 is 1.80 bits per heavy atom. The van der Waals surface area contributed by atoms with Crippen LogP contribution in [0.15, 0.2) is 0 Å². The van der Waals surface area contributed by atoms with Gasteiger partial charge in [-0.2, -0.15) is 0 Å². The molecule has 0 bridgehead atoms. The molecule has 0 aliphatic carbocycles. The van der Waals surface area contributed by atoms with Crippen molar-refractivity contribution >= 4 is 18.0 Å². The van der Waals surface area contributed by atoms with E-state index in [2.05, 4.69) is 15.4 Å². The maximum atomic E-state index is 11.7. The van der Waals surface area contributed by atoms with Gasteiger partial charge >= 0.3 is 18.0 Å². The summed E-state index contributed by atoms with van der Waals surface area (Å²) in [5, 5.41) is 13.6. The number of hydrogen-bond acceptors (Lipinski definition) is 5. The van der Waals surface area contributed by atoms with Crippen LogP contribution in [-0.2, 0) is 19.1 Å². The first-order valence-electron chi connectivity index (χ1n) is 6.18. The number of methoxy groups -OCH3 is 2. The molecule has 2 atom stereocenters. The first-order chi connectivity index (χ1) is 9.31. The third-order valence-electron chi connectivity index (χ3n) is 2.63. The highest BCUT2D eigenvalue weighted by atomic mass is 16.5. The molecule has 2 amide bonds. The van der Waals surface area contributed by atoms with E-state index >= 15 is 0 Å². The zero-order chi connectivity index (χ0) is 15.7. The second-order valence-electron chi connectivity index (χ2n) is 4.55. The number of carbonyl (C=O) groups excluding carboxylic acids is 2. The molecule has 0 saturated heterocycles. The number of aliphatic carboxylic acids is 1. The smallest absolute Gasteiger partial charge is 0.328 e. The SMILES string of the molecule is COC(=O)C(NC(=O)NCC(CC(=O)O)OC)C(C)C. The van der Waals surface area contributed by atoms with Gasteiger partial charge in [-0.05, 0) is 5.92 Å². The highest BCUT2D eigenvalue weighted by Crippen LogP contribution is 2.03. The van der Waals surface area contributed by atoms with Crippen molar-refractivity contribution in [2.24, 2.45) is 5.92 Å². The molecule has 0 heterocycles. The van der Waals surface area contributed by atoms with Crippen molar-refractivity contribution in [2.45, 2.75) is 32.4 Å². The average molecular weight is 290 g/mol. The van der Waals surface area contributed by atoms with E-state index in [1.165, 1.54) is 14.2 Å². The highest BCUT2D eigenvalue weighted by molar-refractivity contribution is 5.83. The lowest BCUT2D eigenvalue weighted by atomic mass is 10.1. The van der Waals surface area contributed by atoms with E-state index in [0.717, 1.165) is 0 Å². The standard InChI is InChI=1S/C12H22N2O6/c1-7(2)10(11(17)20-4)14-12(18)13-6-8(19-3)5-9(15)16/h7-8,10H,5-6H2,1-4H3,(H,15,16)(H2,13,14,18). The molecule has 0 spiro atoms. The molecule has 8 heteroatoms. The van der Waals surface area contributed by atoms with Gasteiger partial charge in [0.1, 0.15) is 6.04 Å². The van der Waals surface area contributed by atoms with Crippen LogP contribution in [0.3, 0.4) is 0 Å². The van der Waals surface area contributed by atoms with Crippen LogP contribution in [0.4, 0.5) is 4.79 Å². The van der Waals surface area contributed by atoms with Crippen molar-refractivity contribution in [3.63, 3.8) is 0 Å². The number of amides is 2. The van der Waals surface area contributed by atoms with Gasteiger partial charge in [-0.1, -0.05) is 13.8 Å². The maximum absolute atomic E-state index is 11.7. The van der Waals surface area contributed by atoms with E-state index < -0.39 is 30.1 Å². The zero-order valence-corrected chi connectivity index (χ0v) is 12.1. The molecule has 116 valence electrons. The number of carboxylic acids is 1. The summed E-state index contributed by atoms with van der Waals surface area (Å²) in [6, 6.07) is -1.35. The molecule has 8 nitrogen and oxygen atoms in total. The number of nitrogens with one attached hydrogen (secondary N) is 2. The largest absolute Gasteiger partial charge is 0.481 e. The van der Waals surface area contributed by atoms with E-state index in [4.69, 9.17) is 9.84 Å². The zero-order valence-electron chi connectivity index (χ0n) is 12.1. The molecule has 0 fully saturated rings. The van der Waals surface area contributed by atoms with Gasteiger partial charge in [-0.25, -0.2) is 9.59 Å². The molecule has 0 aromatic heterocycles. The van der Waals surface area contributed by atoms with Crippen LogP contribution in [0, 0.1) is 5.92 Å². The lowest BCUT2D eigenvalue weighted by Gasteiger charge is -2.21. The fraction of sp³-hybridized carbons (Fsp3) is 0.750. The van der Waals surface area contributed by atoms with E-state index in [9.17, 15) is 14.4 Å². The normalized spacial score (nSPS) is 13.4. The third-order valence-corrected chi connectivity index (χ3v) is 2.63. The minimum absolute atomic E-state index is 0.0284. The number of ether oxygens (including phenoxy) is 2. The number of carbonyl (C=O) groups is 3. The van der Waals surface area contributed by atoms with E-state index in [0.29, 0.717) is 0 Å². The monoisotopic (exact) mass is 290 g/mol. The number of esters is 1. The van der Waals surface area contributed by atoms with Gasteiger partial charge < -0.3 is 25.2 Å². The van der Waals surface area contributed by atoms with E-state index in [1.54, 1.807) is 13.8 Å². The first-order valence-corrected chi connectivity index (χ1v) is 6.18. The minimum Gasteiger partial charge on any atom is -0.481 e. The van der Waals surface area contributed by atoms with Crippen LogP contribution < -0.4 is 10.6 Å². The molecule has 0 saturated carbocycles. The molecule has 0 aromatic carbocycles. The van der Waals surface area contributed by atoms with Crippen molar-refractivity contribution < 1.29 is 29.0 Å². The van der Waals surface area contributed by atoms with Gasteiger partial charge in [0, 0.05) is 13.7 Å². The van der Waals surface area contributed by atoms with Gasteiger partial charge in [0.2, 0.25) is 0 Å². The Bertz CT molecular complexity index is 345. The summed E-state index contributed by atoms with van der Waals surface area (Å²) >= 11 is 0. The van der Waals surface area contributed by atoms with Crippen LogP contribution >= 0.6 is 0 Å². The van der Waals surface area contributed by atoms with Gasteiger partial charge in [0.25, 0.3) is 0 Å². The first kappa shape index (κ1) is 18.2. The molecular formula is C12H22N2O6. The van der Waals surface area contributed by atoms with Gasteiger partial charge in [-0.15, -0.1) is 0 Å². The summed E-state index contributed by atoms with van der Waals surface area (Å²) in [7, 11) is 2.60. The van der Waals surface area contributed by atoms with Gasteiger partial charge in [0.05, 0.1) is 19.6 Å². The number of rotatable bonds is 8. The van der Waals surface area contributed by atoms with Crippen molar-refractivity contribution in [3.8, 4) is 0 Å². The lowest BCUT2D eigenvalue weighted by Crippen LogP contribution is -2.50. The van der Waals surface area contributed by atoms with Crippen LogP contribution in [0.5, 0.6) is 0 Å². The van der Waals surface area contributed by atoms with E-state index in [1.807, 2.05) is 0 Å². The van der Waals surface area contributed by atoms with Gasteiger partial charge in [-0.3, -0.25) is 4.79 Å². The molecule has 0 aliphatic rings. The molecule has 3 N–H and O–H groups in total. The molecular weight excluding hydrogens is 268 g/mol. The molecule has 2 unspecified atom stereocenters. The third kappa shape index (κ3) is 6.93. The second kappa shape index (κ2) is 9.13. The summed E-state index contributed by atoms with van der Waals surface area (Å²) < 4.78 is 9.51. The Morgan fingerprint density at radius 1 is 1.20 bits per heavy atom. The summed E-state index contributed by atoms with van der Waals surface area (Å²) in [5.41, 5.74) is 0. The fourth-order valence-electron chi connectivity index (χ4n) is 1.46. The summed E-state index contributed by atoms with van der Waals surface area (Å²) in [4.78, 5) is 33.7. The molecule has 20 heavy (non-hydrogen) atoms. The van der Waals surface area contributed by atoms with E-state index in [-0.39, 0.29) is 18.9 Å². The topological polar surface area (TPSA) is 114 Å². The minimum atomic E-state index is -1.02. The summed E-state index contributed by atoms with van der Waals surface area (Å²) in [5.74, 6) is -1.69. The van der Waals surface area contributed by atoms with Crippen LogP contribution in [-0.4, -0.2) is 56.0 Å². The Balaban J connectivity index is 4.32. The number of hydrogen-bond donors (Lipinski definition) is 3. The fourth-order valence-corrected chi connectivity index (χ4v) is 1.46. The predicted molar refractivity (Wildman–Crippen MR) is 70.2 cm³/mol. The van der Waals surface area contributed by atoms with Crippen LogP contribution in [0.25, 0.3) is 0 Å². The summed E-state index contributed by atoms with van der Waals surface area (Å²) in [6.07, 6.45) is -0.852.